The van der Waals surface area contributed by atoms with Crippen molar-refractivity contribution in [1.29, 1.82) is 0 Å². The van der Waals surface area contributed by atoms with E-state index in [1.54, 1.807) is 3.97 Å². The summed E-state index contributed by atoms with van der Waals surface area (Å²) < 4.78 is 17.8. The first-order valence-electron chi connectivity index (χ1n) is 8.69. The monoisotopic (exact) mass is 369 g/mol. The van der Waals surface area contributed by atoms with Crippen LogP contribution in [-0.2, 0) is 20.5 Å². The third-order valence-electron chi connectivity index (χ3n) is 2.32. The molecule has 5 heteroatoms. The number of benzene rings is 1. The molecule has 1 aromatic heterocycles. The molecular weight excluding hydrogens is 334 g/mol. The SMILES string of the molecule is CC.CC.CC.COC=O.Cc1cc(C)n(S(=O)c2ccccc2)c1. The van der Waals surface area contributed by atoms with Crippen LogP contribution in [0.3, 0.4) is 0 Å². The summed E-state index contributed by atoms with van der Waals surface area (Å²) >= 11 is 0. The number of carbonyl (C=O) groups excluding carboxylic acids is 1. The van der Waals surface area contributed by atoms with Crippen molar-refractivity contribution in [2.24, 2.45) is 0 Å². The summed E-state index contributed by atoms with van der Waals surface area (Å²) in [6.07, 6.45) is 1.92. The maximum absolute atomic E-state index is 12.2. The Bertz CT molecular complexity index is 551. The van der Waals surface area contributed by atoms with Gasteiger partial charge in [-0.1, -0.05) is 59.7 Å². The average molecular weight is 370 g/mol. The molecule has 0 saturated carbocycles. The molecule has 25 heavy (non-hydrogen) atoms. The minimum atomic E-state index is -1.12. The number of aromatic nitrogens is 1. The molecule has 0 saturated heterocycles. The minimum absolute atomic E-state index is 0.375. The van der Waals surface area contributed by atoms with Gasteiger partial charge >= 0.3 is 0 Å². The van der Waals surface area contributed by atoms with Crippen LogP contribution in [0.2, 0.25) is 0 Å². The molecule has 4 nitrogen and oxygen atoms in total. The van der Waals surface area contributed by atoms with E-state index >= 15 is 0 Å². The second-order valence-electron chi connectivity index (χ2n) is 3.88. The Hall–Kier alpha value is -1.88. The molecule has 0 spiro atoms. The van der Waals surface area contributed by atoms with E-state index in [4.69, 9.17) is 4.79 Å². The zero-order chi connectivity index (χ0) is 20.3. The molecule has 1 heterocycles. The van der Waals surface area contributed by atoms with Crippen LogP contribution in [0.5, 0.6) is 0 Å². The number of hydrogen-bond donors (Lipinski definition) is 0. The summed E-state index contributed by atoms with van der Waals surface area (Å²) in [4.78, 5) is 9.78. The predicted molar refractivity (Wildman–Crippen MR) is 109 cm³/mol. The zero-order valence-electron chi connectivity index (χ0n) is 17.2. The van der Waals surface area contributed by atoms with Crippen molar-refractivity contribution < 1.29 is 13.7 Å². The predicted octanol–water partition coefficient (Wildman–Crippen LogP) is 5.54. The lowest BCUT2D eigenvalue weighted by atomic mass is 10.4. The van der Waals surface area contributed by atoms with Gasteiger partial charge in [0.2, 0.25) is 0 Å². The molecule has 2 aromatic rings. The van der Waals surface area contributed by atoms with Gasteiger partial charge in [-0.3, -0.25) is 8.77 Å². The lowest BCUT2D eigenvalue weighted by Gasteiger charge is -2.04. The Balaban J connectivity index is -0.000000412. The van der Waals surface area contributed by atoms with E-state index in [1.165, 1.54) is 7.11 Å². The van der Waals surface area contributed by atoms with Crippen LogP contribution in [0.25, 0.3) is 0 Å². The number of carbonyl (C=O) groups is 1. The van der Waals surface area contributed by atoms with Gasteiger partial charge in [-0.15, -0.1) is 0 Å². The molecule has 0 amide bonds. The smallest absolute Gasteiger partial charge is 0.292 e. The third-order valence-corrected chi connectivity index (χ3v) is 3.75. The van der Waals surface area contributed by atoms with Crippen molar-refractivity contribution in [3.63, 3.8) is 0 Å². The van der Waals surface area contributed by atoms with Gasteiger partial charge in [-0.2, -0.15) is 0 Å². The second kappa shape index (κ2) is 20.2. The van der Waals surface area contributed by atoms with Gasteiger partial charge in [-0.25, -0.2) is 4.21 Å². The average Bonchev–Trinajstić information content (AvgIpc) is 3.05. The Labute approximate surface area is 156 Å². The van der Waals surface area contributed by atoms with E-state index in [-0.39, 0.29) is 0 Å². The molecule has 0 radical (unpaired) electrons. The van der Waals surface area contributed by atoms with Crippen molar-refractivity contribution in [2.75, 3.05) is 7.11 Å². The van der Waals surface area contributed by atoms with Crippen LogP contribution < -0.4 is 0 Å². The van der Waals surface area contributed by atoms with Gasteiger partial charge in [-0.05, 0) is 37.6 Å². The first kappa shape index (κ1) is 27.9. The number of hydrogen-bond acceptors (Lipinski definition) is 3. The van der Waals surface area contributed by atoms with E-state index < -0.39 is 11.0 Å². The quantitative estimate of drug-likeness (QED) is 0.667. The first-order valence-corrected chi connectivity index (χ1v) is 9.80. The highest BCUT2D eigenvalue weighted by Gasteiger charge is 2.08. The van der Waals surface area contributed by atoms with Crippen LogP contribution in [0.15, 0.2) is 47.5 Å². The Kier molecular flexibility index (Phi) is 22.5. The molecule has 1 unspecified atom stereocenters. The van der Waals surface area contributed by atoms with Crippen molar-refractivity contribution in [2.45, 2.75) is 60.3 Å². The highest BCUT2D eigenvalue weighted by Crippen LogP contribution is 2.13. The first-order chi connectivity index (χ1) is 12.1. The summed E-state index contributed by atoms with van der Waals surface area (Å²) in [6, 6.07) is 11.5. The third kappa shape index (κ3) is 12.2. The molecule has 0 fully saturated rings. The van der Waals surface area contributed by atoms with Crippen LogP contribution in [0.1, 0.15) is 52.8 Å². The maximum Gasteiger partial charge on any atom is 0.292 e. The summed E-state index contributed by atoms with van der Waals surface area (Å²) in [5, 5.41) is 0. The van der Waals surface area contributed by atoms with Crippen molar-refractivity contribution >= 4 is 17.5 Å². The molecule has 0 aliphatic rings. The van der Waals surface area contributed by atoms with E-state index in [2.05, 4.69) is 4.74 Å². The number of ether oxygens (including phenoxy) is 1. The van der Waals surface area contributed by atoms with E-state index in [0.29, 0.717) is 6.47 Å². The molecule has 2 rings (SSSR count). The van der Waals surface area contributed by atoms with E-state index in [0.717, 1.165) is 16.2 Å². The molecule has 0 N–H and O–H groups in total. The lowest BCUT2D eigenvalue weighted by Crippen LogP contribution is -2.04. The van der Waals surface area contributed by atoms with E-state index in [1.807, 2.05) is 98.0 Å². The van der Waals surface area contributed by atoms with Crippen molar-refractivity contribution in [3.8, 4) is 0 Å². The Morgan fingerprint density at radius 2 is 1.40 bits per heavy atom. The standard InChI is InChI=1S/C12H13NOS.C2H4O2.3C2H6/c1-10-8-11(2)13(9-10)15(14)12-6-4-3-5-7-12;1-4-2-3;3*1-2/h3-9H,1-2H3;2H,1H3;3*1-2H3. The molecular formula is C20H35NO3S. The number of aryl methyl sites for hydroxylation is 2. The topological polar surface area (TPSA) is 48.3 Å². The van der Waals surface area contributed by atoms with Gasteiger partial charge in [0, 0.05) is 11.9 Å². The van der Waals surface area contributed by atoms with Gasteiger partial charge in [0.15, 0.2) is 11.0 Å². The number of methoxy groups -OCH3 is 1. The van der Waals surface area contributed by atoms with Gasteiger partial charge in [0.1, 0.15) is 0 Å². The van der Waals surface area contributed by atoms with Crippen LogP contribution in [-0.4, -0.2) is 21.8 Å². The van der Waals surface area contributed by atoms with Crippen LogP contribution in [0.4, 0.5) is 0 Å². The van der Waals surface area contributed by atoms with Crippen LogP contribution >= 0.6 is 0 Å². The fourth-order valence-corrected chi connectivity index (χ4v) is 2.74. The summed E-state index contributed by atoms with van der Waals surface area (Å²) in [6.45, 7) is 16.3. The molecule has 144 valence electrons. The van der Waals surface area contributed by atoms with Gasteiger partial charge in [0.05, 0.1) is 12.0 Å². The molecule has 1 atom stereocenters. The summed E-state index contributed by atoms with van der Waals surface area (Å²) in [5.74, 6) is 0. The van der Waals surface area contributed by atoms with Crippen molar-refractivity contribution in [3.05, 3.63) is 53.9 Å². The Morgan fingerprint density at radius 1 is 0.960 bits per heavy atom. The fraction of sp³-hybridized carbons (Fsp3) is 0.450. The van der Waals surface area contributed by atoms with E-state index in [9.17, 15) is 4.21 Å². The number of rotatable bonds is 3. The van der Waals surface area contributed by atoms with Gasteiger partial charge in [0.25, 0.3) is 6.47 Å². The maximum atomic E-state index is 12.2. The number of nitrogens with zero attached hydrogens (tertiary/aromatic N) is 1. The summed E-state index contributed by atoms with van der Waals surface area (Å²) in [7, 11) is 0.192. The largest absolute Gasteiger partial charge is 0.471 e. The lowest BCUT2D eigenvalue weighted by molar-refractivity contribution is -0.126. The minimum Gasteiger partial charge on any atom is -0.471 e. The fourth-order valence-electron chi connectivity index (χ4n) is 1.55. The highest BCUT2D eigenvalue weighted by atomic mass is 32.2. The van der Waals surface area contributed by atoms with Gasteiger partial charge < -0.3 is 4.74 Å². The molecule has 0 aliphatic carbocycles. The summed E-state index contributed by atoms with van der Waals surface area (Å²) in [5.41, 5.74) is 2.16. The highest BCUT2D eigenvalue weighted by molar-refractivity contribution is 7.83. The van der Waals surface area contributed by atoms with Crippen molar-refractivity contribution in [1.82, 2.24) is 3.97 Å². The molecule has 0 aliphatic heterocycles. The second-order valence-corrected chi connectivity index (χ2v) is 5.24. The molecule has 1 aromatic carbocycles. The molecule has 0 bridgehead atoms. The van der Waals surface area contributed by atoms with Crippen LogP contribution in [0, 0.1) is 13.8 Å². The Morgan fingerprint density at radius 3 is 1.72 bits per heavy atom. The zero-order valence-corrected chi connectivity index (χ0v) is 18.0. The normalized spacial score (nSPS) is 9.16.